The minimum absolute atomic E-state index is 0.637. The number of rotatable bonds is 4. The summed E-state index contributed by atoms with van der Waals surface area (Å²) in [6, 6.07) is 0.637. The van der Waals surface area contributed by atoms with E-state index in [1.54, 1.807) is 0 Å². The molecule has 90 valence electrons. The molecule has 1 unspecified atom stereocenters. The van der Waals surface area contributed by atoms with Crippen molar-refractivity contribution in [2.45, 2.75) is 52.5 Å². The predicted octanol–water partition coefficient (Wildman–Crippen LogP) is 2.21. The maximum Gasteiger partial charge on any atom is 0.108 e. The molecule has 0 aliphatic carbocycles. The number of aryl methyl sites for hydroxylation is 1. The molecule has 3 heteroatoms. The van der Waals surface area contributed by atoms with Crippen molar-refractivity contribution in [2.24, 2.45) is 5.92 Å². The SMILES string of the molecule is Cc1[nH]c(CC2CCCN2)nc1CC(C)C. The van der Waals surface area contributed by atoms with E-state index in [4.69, 9.17) is 4.98 Å². The molecule has 0 spiro atoms. The Hall–Kier alpha value is -0.830. The van der Waals surface area contributed by atoms with Gasteiger partial charge in [0, 0.05) is 18.2 Å². The maximum atomic E-state index is 4.72. The van der Waals surface area contributed by atoms with Crippen molar-refractivity contribution < 1.29 is 0 Å². The van der Waals surface area contributed by atoms with Gasteiger partial charge in [0.2, 0.25) is 0 Å². The third kappa shape index (κ3) is 2.85. The van der Waals surface area contributed by atoms with Gasteiger partial charge in [-0.2, -0.15) is 0 Å². The molecule has 1 fully saturated rings. The molecule has 2 N–H and O–H groups in total. The second-order valence-electron chi connectivity index (χ2n) is 5.35. The van der Waals surface area contributed by atoms with Gasteiger partial charge in [-0.25, -0.2) is 4.98 Å². The molecule has 1 aromatic heterocycles. The lowest BCUT2D eigenvalue weighted by molar-refractivity contribution is 0.585. The molecule has 2 heterocycles. The second kappa shape index (κ2) is 5.00. The zero-order valence-electron chi connectivity index (χ0n) is 10.6. The van der Waals surface area contributed by atoms with Crippen molar-refractivity contribution in [1.29, 1.82) is 0 Å². The average molecular weight is 221 g/mol. The first-order valence-corrected chi connectivity index (χ1v) is 6.43. The lowest BCUT2D eigenvalue weighted by Gasteiger charge is -2.06. The number of nitrogens with zero attached hydrogens (tertiary/aromatic N) is 1. The van der Waals surface area contributed by atoms with E-state index in [-0.39, 0.29) is 0 Å². The molecule has 0 bridgehead atoms. The molecule has 1 atom stereocenters. The summed E-state index contributed by atoms with van der Waals surface area (Å²) in [5, 5.41) is 3.51. The van der Waals surface area contributed by atoms with Crippen LogP contribution < -0.4 is 5.32 Å². The number of H-pyrrole nitrogens is 1. The smallest absolute Gasteiger partial charge is 0.108 e. The Kier molecular flexibility index (Phi) is 3.64. The van der Waals surface area contributed by atoms with Crippen LogP contribution in [0.3, 0.4) is 0 Å². The van der Waals surface area contributed by atoms with Crippen molar-refractivity contribution >= 4 is 0 Å². The van der Waals surface area contributed by atoms with Crippen molar-refractivity contribution in [1.82, 2.24) is 15.3 Å². The van der Waals surface area contributed by atoms with Gasteiger partial charge in [0.05, 0.1) is 5.69 Å². The van der Waals surface area contributed by atoms with Gasteiger partial charge in [0.1, 0.15) is 5.82 Å². The summed E-state index contributed by atoms with van der Waals surface area (Å²) < 4.78 is 0. The Morgan fingerprint density at radius 1 is 1.44 bits per heavy atom. The van der Waals surface area contributed by atoms with E-state index < -0.39 is 0 Å². The quantitative estimate of drug-likeness (QED) is 0.818. The second-order valence-corrected chi connectivity index (χ2v) is 5.35. The van der Waals surface area contributed by atoms with Crippen LogP contribution in [0.25, 0.3) is 0 Å². The van der Waals surface area contributed by atoms with E-state index in [1.165, 1.54) is 30.8 Å². The van der Waals surface area contributed by atoms with Crippen molar-refractivity contribution in [3.05, 3.63) is 17.2 Å². The van der Waals surface area contributed by atoms with E-state index in [9.17, 15) is 0 Å². The standard InChI is InChI=1S/C13H23N3/c1-9(2)7-12-10(3)15-13(16-12)8-11-5-4-6-14-11/h9,11,14H,4-8H2,1-3H3,(H,15,16). The highest BCUT2D eigenvalue weighted by Crippen LogP contribution is 2.14. The molecule has 0 aromatic carbocycles. The van der Waals surface area contributed by atoms with Gasteiger partial charge in [-0.1, -0.05) is 13.8 Å². The van der Waals surface area contributed by atoms with Crippen LogP contribution in [0, 0.1) is 12.8 Å². The van der Waals surface area contributed by atoms with Crippen molar-refractivity contribution in [3.63, 3.8) is 0 Å². The van der Waals surface area contributed by atoms with Crippen LogP contribution in [-0.2, 0) is 12.8 Å². The van der Waals surface area contributed by atoms with Gasteiger partial charge in [-0.15, -0.1) is 0 Å². The molecule has 0 amide bonds. The monoisotopic (exact) mass is 221 g/mol. The summed E-state index contributed by atoms with van der Waals surface area (Å²) in [7, 11) is 0. The molecular weight excluding hydrogens is 198 g/mol. The predicted molar refractivity (Wildman–Crippen MR) is 66.6 cm³/mol. The number of aromatic amines is 1. The Morgan fingerprint density at radius 3 is 2.88 bits per heavy atom. The van der Waals surface area contributed by atoms with Gasteiger partial charge >= 0.3 is 0 Å². The summed E-state index contributed by atoms with van der Waals surface area (Å²) in [6.07, 6.45) is 4.74. The molecule has 1 aliphatic heterocycles. The molecule has 16 heavy (non-hydrogen) atoms. The molecule has 1 saturated heterocycles. The largest absolute Gasteiger partial charge is 0.346 e. The molecule has 3 nitrogen and oxygen atoms in total. The first kappa shape index (κ1) is 11.6. The van der Waals surface area contributed by atoms with Gasteiger partial charge in [-0.05, 0) is 38.6 Å². The molecule has 2 rings (SSSR count). The van der Waals surface area contributed by atoms with Gasteiger partial charge < -0.3 is 10.3 Å². The highest BCUT2D eigenvalue weighted by atomic mass is 15.0. The minimum atomic E-state index is 0.637. The Bertz CT molecular complexity index is 335. The topological polar surface area (TPSA) is 40.7 Å². The average Bonchev–Trinajstić information content (AvgIpc) is 2.78. The van der Waals surface area contributed by atoms with Crippen LogP contribution in [-0.4, -0.2) is 22.6 Å². The van der Waals surface area contributed by atoms with E-state index >= 15 is 0 Å². The fraction of sp³-hybridized carbons (Fsp3) is 0.769. The maximum absolute atomic E-state index is 4.72. The van der Waals surface area contributed by atoms with Crippen LogP contribution in [0.15, 0.2) is 0 Å². The van der Waals surface area contributed by atoms with Gasteiger partial charge in [0.25, 0.3) is 0 Å². The van der Waals surface area contributed by atoms with Gasteiger partial charge in [0.15, 0.2) is 0 Å². The zero-order valence-corrected chi connectivity index (χ0v) is 10.6. The Morgan fingerprint density at radius 2 is 2.25 bits per heavy atom. The van der Waals surface area contributed by atoms with Crippen molar-refractivity contribution in [3.8, 4) is 0 Å². The number of hydrogen-bond acceptors (Lipinski definition) is 2. The summed E-state index contributed by atoms with van der Waals surface area (Å²) in [5.74, 6) is 1.84. The van der Waals surface area contributed by atoms with Crippen LogP contribution in [0.2, 0.25) is 0 Å². The van der Waals surface area contributed by atoms with Crippen LogP contribution in [0.1, 0.15) is 43.9 Å². The molecular formula is C13H23N3. The normalized spacial score (nSPS) is 20.9. The molecule has 1 aromatic rings. The highest BCUT2D eigenvalue weighted by molar-refractivity contribution is 5.14. The van der Waals surface area contributed by atoms with E-state index in [0.717, 1.165) is 18.7 Å². The Balaban J connectivity index is 1.99. The van der Waals surface area contributed by atoms with Gasteiger partial charge in [-0.3, -0.25) is 0 Å². The highest BCUT2D eigenvalue weighted by Gasteiger charge is 2.17. The molecule has 0 radical (unpaired) electrons. The summed E-state index contributed by atoms with van der Waals surface area (Å²) >= 11 is 0. The van der Waals surface area contributed by atoms with E-state index in [0.29, 0.717) is 12.0 Å². The third-order valence-corrected chi connectivity index (χ3v) is 3.24. The number of aromatic nitrogens is 2. The fourth-order valence-corrected chi connectivity index (χ4v) is 2.41. The lowest BCUT2D eigenvalue weighted by Crippen LogP contribution is -2.24. The Labute approximate surface area is 98.1 Å². The summed E-state index contributed by atoms with van der Waals surface area (Å²) in [4.78, 5) is 8.14. The zero-order chi connectivity index (χ0) is 11.5. The number of hydrogen-bond donors (Lipinski definition) is 2. The first-order valence-electron chi connectivity index (χ1n) is 6.43. The number of nitrogens with one attached hydrogen (secondary N) is 2. The number of imidazole rings is 1. The lowest BCUT2D eigenvalue weighted by atomic mass is 10.1. The third-order valence-electron chi connectivity index (χ3n) is 3.24. The first-order chi connectivity index (χ1) is 7.65. The minimum Gasteiger partial charge on any atom is -0.346 e. The van der Waals surface area contributed by atoms with E-state index in [1.807, 2.05) is 0 Å². The van der Waals surface area contributed by atoms with E-state index in [2.05, 4.69) is 31.1 Å². The van der Waals surface area contributed by atoms with Crippen LogP contribution in [0.4, 0.5) is 0 Å². The van der Waals surface area contributed by atoms with Crippen LogP contribution in [0.5, 0.6) is 0 Å². The fourth-order valence-electron chi connectivity index (χ4n) is 2.41. The summed E-state index contributed by atoms with van der Waals surface area (Å²) in [5.41, 5.74) is 2.50. The molecule has 1 aliphatic rings. The van der Waals surface area contributed by atoms with Crippen LogP contribution >= 0.6 is 0 Å². The van der Waals surface area contributed by atoms with Crippen molar-refractivity contribution in [2.75, 3.05) is 6.54 Å². The molecule has 0 saturated carbocycles. The summed E-state index contributed by atoms with van der Waals surface area (Å²) in [6.45, 7) is 7.79.